The van der Waals surface area contributed by atoms with Crippen molar-refractivity contribution in [2.24, 2.45) is 0 Å². The molecule has 0 saturated carbocycles. The first-order chi connectivity index (χ1) is 8.74. The van der Waals surface area contributed by atoms with Crippen molar-refractivity contribution in [3.63, 3.8) is 0 Å². The van der Waals surface area contributed by atoms with Crippen molar-refractivity contribution >= 4 is 11.6 Å². The van der Waals surface area contributed by atoms with Gasteiger partial charge in [-0.25, -0.2) is 4.68 Å². The number of nitrogens with one attached hydrogen (secondary N) is 1. The third-order valence-electron chi connectivity index (χ3n) is 2.82. The molecule has 0 unspecified atom stereocenters. The molecule has 5 heteroatoms. The molecule has 1 aromatic heterocycles. The Kier molecular flexibility index (Phi) is 4.33. The Morgan fingerprint density at radius 2 is 2.22 bits per heavy atom. The van der Waals surface area contributed by atoms with E-state index in [1.54, 1.807) is 6.20 Å². The quantitative estimate of drug-likeness (QED) is 0.845. The molecule has 0 saturated heterocycles. The van der Waals surface area contributed by atoms with Crippen LogP contribution in [0.3, 0.4) is 0 Å². The Labute approximate surface area is 112 Å². The molecule has 2 rings (SSSR count). The van der Waals surface area contributed by atoms with Crippen LogP contribution in [0.15, 0.2) is 24.4 Å². The number of aromatic nitrogens is 3. The summed E-state index contributed by atoms with van der Waals surface area (Å²) in [6.45, 7) is 5.87. The molecule has 0 spiro atoms. The predicted octanol–water partition coefficient (Wildman–Crippen LogP) is 2.73. The van der Waals surface area contributed by atoms with Gasteiger partial charge in [-0.05, 0) is 37.6 Å². The number of halogens is 1. The fraction of sp³-hybridized carbons (Fsp3) is 0.385. The number of hydrogen-bond donors (Lipinski definition) is 1. The molecule has 0 bridgehead atoms. The minimum atomic E-state index is 0.746. The third-order valence-corrected chi connectivity index (χ3v) is 3.23. The second kappa shape index (κ2) is 5.98. The van der Waals surface area contributed by atoms with Gasteiger partial charge in [-0.3, -0.25) is 0 Å². The van der Waals surface area contributed by atoms with Gasteiger partial charge in [0.05, 0.1) is 17.6 Å². The normalized spacial score (nSPS) is 10.8. The van der Waals surface area contributed by atoms with Gasteiger partial charge in [0.1, 0.15) is 0 Å². The van der Waals surface area contributed by atoms with Crippen LogP contribution in [0.25, 0.3) is 5.69 Å². The number of rotatable bonds is 5. The van der Waals surface area contributed by atoms with Gasteiger partial charge in [-0.2, -0.15) is 0 Å². The van der Waals surface area contributed by atoms with Crippen LogP contribution < -0.4 is 5.32 Å². The second-order valence-electron chi connectivity index (χ2n) is 4.20. The molecule has 0 amide bonds. The molecule has 0 aliphatic carbocycles. The van der Waals surface area contributed by atoms with Gasteiger partial charge in [-0.1, -0.05) is 29.8 Å². The summed E-state index contributed by atoms with van der Waals surface area (Å²) in [7, 11) is 0. The molecule has 0 aliphatic heterocycles. The van der Waals surface area contributed by atoms with Gasteiger partial charge in [0, 0.05) is 11.6 Å². The van der Waals surface area contributed by atoms with Gasteiger partial charge in [0.15, 0.2) is 0 Å². The molecule has 1 aromatic carbocycles. The van der Waals surface area contributed by atoms with Crippen LogP contribution in [-0.2, 0) is 6.54 Å². The fourth-order valence-electron chi connectivity index (χ4n) is 1.80. The van der Waals surface area contributed by atoms with Crippen molar-refractivity contribution in [3.05, 3.63) is 40.7 Å². The molecule has 4 nitrogen and oxygen atoms in total. The van der Waals surface area contributed by atoms with Gasteiger partial charge >= 0.3 is 0 Å². The molecule has 0 radical (unpaired) electrons. The SMILES string of the molecule is CCCNCc1cnnn1-c1cccc(Cl)c1C. The Morgan fingerprint density at radius 3 is 3.00 bits per heavy atom. The molecular weight excluding hydrogens is 248 g/mol. The average Bonchev–Trinajstić information content (AvgIpc) is 2.81. The van der Waals surface area contributed by atoms with Crippen LogP contribution in [-0.4, -0.2) is 21.5 Å². The van der Waals surface area contributed by atoms with E-state index in [0.29, 0.717) is 0 Å². The Morgan fingerprint density at radius 1 is 1.39 bits per heavy atom. The molecule has 0 fully saturated rings. The zero-order chi connectivity index (χ0) is 13.0. The maximum Gasteiger partial charge on any atom is 0.0783 e. The highest BCUT2D eigenvalue weighted by Gasteiger charge is 2.09. The van der Waals surface area contributed by atoms with E-state index in [4.69, 9.17) is 11.6 Å². The summed E-state index contributed by atoms with van der Waals surface area (Å²) in [6.07, 6.45) is 2.89. The fourth-order valence-corrected chi connectivity index (χ4v) is 1.97. The maximum atomic E-state index is 6.13. The van der Waals surface area contributed by atoms with E-state index in [1.807, 2.05) is 29.8 Å². The predicted molar refractivity (Wildman–Crippen MR) is 73.1 cm³/mol. The topological polar surface area (TPSA) is 42.7 Å². The number of benzene rings is 1. The zero-order valence-corrected chi connectivity index (χ0v) is 11.4. The summed E-state index contributed by atoms with van der Waals surface area (Å²) in [5.41, 5.74) is 3.03. The maximum absolute atomic E-state index is 6.13. The third kappa shape index (κ3) is 2.71. The lowest BCUT2D eigenvalue weighted by Gasteiger charge is -2.10. The van der Waals surface area contributed by atoms with E-state index in [0.717, 1.165) is 41.5 Å². The molecule has 0 atom stereocenters. The standard InChI is InChI=1S/C13H17ClN4/c1-3-7-15-8-11-9-16-17-18(11)13-6-4-5-12(14)10(13)2/h4-6,9,15H,3,7-8H2,1-2H3. The molecule has 2 aromatic rings. The Bertz CT molecular complexity index is 521. The molecule has 18 heavy (non-hydrogen) atoms. The first-order valence-electron chi connectivity index (χ1n) is 6.09. The average molecular weight is 265 g/mol. The molecule has 1 heterocycles. The van der Waals surface area contributed by atoms with Crippen LogP contribution in [0.4, 0.5) is 0 Å². The van der Waals surface area contributed by atoms with Crippen LogP contribution in [0.2, 0.25) is 5.02 Å². The largest absolute Gasteiger partial charge is 0.311 e. The summed E-state index contributed by atoms with van der Waals surface area (Å²) in [5.74, 6) is 0. The Balaban J connectivity index is 2.28. The highest BCUT2D eigenvalue weighted by molar-refractivity contribution is 6.31. The summed E-state index contributed by atoms with van der Waals surface area (Å²) >= 11 is 6.13. The van der Waals surface area contributed by atoms with Crippen LogP contribution in [0, 0.1) is 6.92 Å². The van der Waals surface area contributed by atoms with E-state index in [1.165, 1.54) is 0 Å². The lowest BCUT2D eigenvalue weighted by Crippen LogP contribution is -2.17. The van der Waals surface area contributed by atoms with E-state index < -0.39 is 0 Å². The molecular formula is C13H17ClN4. The zero-order valence-electron chi connectivity index (χ0n) is 10.7. The van der Waals surface area contributed by atoms with Gasteiger partial charge < -0.3 is 5.32 Å². The lowest BCUT2D eigenvalue weighted by atomic mass is 10.2. The summed E-state index contributed by atoms with van der Waals surface area (Å²) in [4.78, 5) is 0. The van der Waals surface area contributed by atoms with Crippen LogP contribution in [0.5, 0.6) is 0 Å². The van der Waals surface area contributed by atoms with Gasteiger partial charge in [-0.15, -0.1) is 5.10 Å². The van der Waals surface area contributed by atoms with Crippen molar-refractivity contribution in [1.82, 2.24) is 20.3 Å². The highest BCUT2D eigenvalue weighted by Crippen LogP contribution is 2.22. The number of nitrogens with zero attached hydrogens (tertiary/aromatic N) is 3. The Hall–Kier alpha value is -1.39. The highest BCUT2D eigenvalue weighted by atomic mass is 35.5. The van der Waals surface area contributed by atoms with Crippen molar-refractivity contribution in [1.29, 1.82) is 0 Å². The van der Waals surface area contributed by atoms with E-state index in [9.17, 15) is 0 Å². The first kappa shape index (κ1) is 13.1. The van der Waals surface area contributed by atoms with Gasteiger partial charge in [0.2, 0.25) is 0 Å². The van der Waals surface area contributed by atoms with Crippen molar-refractivity contribution < 1.29 is 0 Å². The molecule has 96 valence electrons. The molecule has 1 N–H and O–H groups in total. The first-order valence-corrected chi connectivity index (χ1v) is 6.47. The second-order valence-corrected chi connectivity index (χ2v) is 4.61. The molecule has 0 aliphatic rings. The van der Waals surface area contributed by atoms with Crippen LogP contribution in [0.1, 0.15) is 24.6 Å². The monoisotopic (exact) mass is 264 g/mol. The van der Waals surface area contributed by atoms with E-state index in [-0.39, 0.29) is 0 Å². The lowest BCUT2D eigenvalue weighted by molar-refractivity contribution is 0.640. The smallest absolute Gasteiger partial charge is 0.0783 e. The summed E-state index contributed by atoms with van der Waals surface area (Å²) < 4.78 is 1.84. The van der Waals surface area contributed by atoms with Crippen molar-refractivity contribution in [2.75, 3.05) is 6.54 Å². The minimum absolute atomic E-state index is 0.746. The minimum Gasteiger partial charge on any atom is -0.311 e. The van der Waals surface area contributed by atoms with E-state index >= 15 is 0 Å². The van der Waals surface area contributed by atoms with Gasteiger partial charge in [0.25, 0.3) is 0 Å². The summed E-state index contributed by atoms with van der Waals surface area (Å²) in [5, 5.41) is 12.2. The van der Waals surface area contributed by atoms with Crippen LogP contribution >= 0.6 is 11.6 Å². The van der Waals surface area contributed by atoms with Crippen molar-refractivity contribution in [2.45, 2.75) is 26.8 Å². The summed E-state index contributed by atoms with van der Waals surface area (Å²) in [6, 6.07) is 5.81. The number of hydrogen-bond acceptors (Lipinski definition) is 3. The van der Waals surface area contributed by atoms with Crippen molar-refractivity contribution in [3.8, 4) is 5.69 Å². The van der Waals surface area contributed by atoms with E-state index in [2.05, 4.69) is 22.6 Å².